The van der Waals surface area contributed by atoms with Crippen LogP contribution in [0.4, 0.5) is 5.69 Å². The highest BCUT2D eigenvalue weighted by molar-refractivity contribution is 6.29. The molecule has 0 aliphatic carbocycles. The molecule has 1 aliphatic rings. The minimum absolute atomic E-state index is 0.138. The predicted molar refractivity (Wildman–Crippen MR) is 124 cm³/mol. The first-order valence-corrected chi connectivity index (χ1v) is 10.4. The smallest absolute Gasteiger partial charge is 0.335 e. The zero-order chi connectivity index (χ0) is 23.7. The van der Waals surface area contributed by atoms with Crippen molar-refractivity contribution in [3.05, 3.63) is 77.5 Å². The Morgan fingerprint density at radius 1 is 1.15 bits per heavy atom. The number of hydrogen-bond acceptors (Lipinski definition) is 5. The maximum absolute atomic E-state index is 13.0. The fourth-order valence-corrected chi connectivity index (χ4v) is 3.93. The number of nitrogens with zero attached hydrogens (tertiary/aromatic N) is 3. The van der Waals surface area contributed by atoms with Gasteiger partial charge in [0.25, 0.3) is 5.91 Å². The van der Waals surface area contributed by atoms with Crippen LogP contribution in [-0.2, 0) is 20.7 Å². The van der Waals surface area contributed by atoms with Gasteiger partial charge in [0.15, 0.2) is 0 Å². The van der Waals surface area contributed by atoms with Crippen molar-refractivity contribution in [2.75, 3.05) is 12.1 Å². The van der Waals surface area contributed by atoms with Crippen molar-refractivity contribution in [1.82, 2.24) is 4.57 Å². The summed E-state index contributed by atoms with van der Waals surface area (Å²) in [6.45, 7) is 3.54. The van der Waals surface area contributed by atoms with Crippen LogP contribution in [0.25, 0.3) is 10.9 Å². The van der Waals surface area contributed by atoms with Crippen molar-refractivity contribution in [1.29, 1.82) is 0 Å². The summed E-state index contributed by atoms with van der Waals surface area (Å²) >= 11 is 0. The normalized spacial score (nSPS) is 15.7. The third-order valence-electron chi connectivity index (χ3n) is 5.73. The third kappa shape index (κ3) is 4.03. The molecule has 168 valence electrons. The van der Waals surface area contributed by atoms with Crippen LogP contribution < -0.4 is 5.01 Å². The van der Waals surface area contributed by atoms with Crippen LogP contribution in [0.15, 0.2) is 71.5 Å². The highest BCUT2D eigenvalue weighted by atomic mass is 16.5. The molecule has 33 heavy (non-hydrogen) atoms. The molecular weight excluding hydrogens is 422 g/mol. The molecule has 2 heterocycles. The highest BCUT2D eigenvalue weighted by Gasteiger charge is 2.29. The number of esters is 1. The predicted octanol–water partition coefficient (Wildman–Crippen LogP) is 3.97. The molecule has 1 N–H and O–H groups in total. The largest absolute Gasteiger partial charge is 0.478 e. The molecule has 1 atom stereocenters. The third-order valence-corrected chi connectivity index (χ3v) is 5.73. The summed E-state index contributed by atoms with van der Waals surface area (Å²) < 4.78 is 6.78. The number of allylic oxidation sites excluding steroid dienone is 1. The van der Waals surface area contributed by atoms with E-state index in [9.17, 15) is 14.4 Å². The maximum Gasteiger partial charge on any atom is 0.335 e. The van der Waals surface area contributed by atoms with Crippen molar-refractivity contribution < 1.29 is 24.2 Å². The average Bonchev–Trinajstić information content (AvgIpc) is 3.33. The lowest BCUT2D eigenvalue weighted by atomic mass is 10.1. The summed E-state index contributed by atoms with van der Waals surface area (Å²) in [5, 5.41) is 15.7. The lowest BCUT2D eigenvalue weighted by Crippen LogP contribution is -2.21. The Hall–Kier alpha value is -4.20. The van der Waals surface area contributed by atoms with Gasteiger partial charge in [0.05, 0.1) is 29.6 Å². The second kappa shape index (κ2) is 8.74. The summed E-state index contributed by atoms with van der Waals surface area (Å²) in [5.41, 5.74) is 3.57. The van der Waals surface area contributed by atoms with Gasteiger partial charge in [-0.1, -0.05) is 24.3 Å². The fraction of sp³-hybridized carbons (Fsp3) is 0.200. The Balaban J connectivity index is 1.62. The molecule has 0 radical (unpaired) electrons. The van der Waals surface area contributed by atoms with E-state index in [1.165, 1.54) is 24.3 Å². The van der Waals surface area contributed by atoms with Gasteiger partial charge in [-0.15, -0.1) is 0 Å². The minimum Gasteiger partial charge on any atom is -0.478 e. The standard InChI is InChI=1S/C25H23N3O5/c1-15-20(23(29)28(26-15)19-11-8-17(9-12-19)24(30)31)13-10-18-14-27(16(2)25(32)33-3)22-7-5-4-6-21(18)22/h4-9,11-14,16H,10H2,1-3H3,(H,30,31)/b20-13-. The number of amides is 1. The summed E-state index contributed by atoms with van der Waals surface area (Å²) in [7, 11) is 1.37. The number of fused-ring (bicyclic) bond motifs is 1. The molecule has 4 rings (SSSR count). The van der Waals surface area contributed by atoms with Crippen LogP contribution in [0, 0.1) is 0 Å². The van der Waals surface area contributed by atoms with Crippen LogP contribution in [0.3, 0.4) is 0 Å². The molecule has 1 aliphatic heterocycles. The lowest BCUT2D eigenvalue weighted by Gasteiger charge is -2.12. The van der Waals surface area contributed by atoms with Gasteiger partial charge in [0.1, 0.15) is 6.04 Å². The highest BCUT2D eigenvalue weighted by Crippen LogP contribution is 2.28. The zero-order valence-corrected chi connectivity index (χ0v) is 18.5. The molecule has 1 aromatic heterocycles. The van der Waals surface area contributed by atoms with Crippen molar-refractivity contribution in [3.8, 4) is 0 Å². The summed E-state index contributed by atoms with van der Waals surface area (Å²) in [6.07, 6.45) is 4.22. The van der Waals surface area contributed by atoms with Gasteiger partial charge in [-0.25, -0.2) is 9.59 Å². The van der Waals surface area contributed by atoms with Gasteiger partial charge in [-0.2, -0.15) is 10.1 Å². The minimum atomic E-state index is -1.03. The average molecular weight is 445 g/mol. The molecule has 8 heteroatoms. The van der Waals surface area contributed by atoms with Gasteiger partial charge in [-0.3, -0.25) is 4.79 Å². The maximum atomic E-state index is 13.0. The number of aromatic nitrogens is 1. The monoisotopic (exact) mass is 445 g/mol. The van der Waals surface area contributed by atoms with E-state index in [0.29, 0.717) is 23.4 Å². The number of carbonyl (C=O) groups is 3. The molecule has 0 bridgehead atoms. The Labute approximate surface area is 190 Å². The van der Waals surface area contributed by atoms with E-state index in [1.807, 2.05) is 41.1 Å². The van der Waals surface area contributed by atoms with Crippen LogP contribution in [-0.4, -0.2) is 40.3 Å². The van der Waals surface area contributed by atoms with Gasteiger partial charge < -0.3 is 14.4 Å². The molecular formula is C25H23N3O5. The number of carboxylic acid groups (broad SMARTS) is 1. The van der Waals surface area contributed by atoms with E-state index in [-0.39, 0.29) is 17.4 Å². The lowest BCUT2D eigenvalue weighted by molar-refractivity contribution is -0.143. The number of hydrazone groups is 1. The van der Waals surface area contributed by atoms with Crippen LogP contribution in [0.5, 0.6) is 0 Å². The van der Waals surface area contributed by atoms with E-state index in [1.54, 1.807) is 26.0 Å². The summed E-state index contributed by atoms with van der Waals surface area (Å²) in [5.74, 6) is -1.64. The van der Waals surface area contributed by atoms with Gasteiger partial charge in [0, 0.05) is 17.1 Å². The number of anilines is 1. The summed E-state index contributed by atoms with van der Waals surface area (Å²) in [4.78, 5) is 36.2. The number of methoxy groups -OCH3 is 1. The van der Waals surface area contributed by atoms with Gasteiger partial charge in [0.2, 0.25) is 0 Å². The molecule has 3 aromatic rings. The molecule has 1 unspecified atom stereocenters. The number of rotatable bonds is 6. The van der Waals surface area contributed by atoms with E-state index in [4.69, 9.17) is 9.84 Å². The van der Waals surface area contributed by atoms with Crippen LogP contribution >= 0.6 is 0 Å². The number of benzene rings is 2. The molecule has 8 nitrogen and oxygen atoms in total. The van der Waals surface area contributed by atoms with Crippen molar-refractivity contribution in [3.63, 3.8) is 0 Å². The van der Waals surface area contributed by atoms with Gasteiger partial charge >= 0.3 is 11.9 Å². The van der Waals surface area contributed by atoms with E-state index < -0.39 is 12.0 Å². The summed E-state index contributed by atoms with van der Waals surface area (Å²) in [6, 6.07) is 13.3. The number of ether oxygens (including phenoxy) is 1. The van der Waals surface area contributed by atoms with E-state index in [0.717, 1.165) is 16.5 Å². The molecule has 0 saturated carbocycles. The Morgan fingerprint density at radius 3 is 2.52 bits per heavy atom. The Morgan fingerprint density at radius 2 is 1.85 bits per heavy atom. The number of carboxylic acids is 1. The second-order valence-corrected chi connectivity index (χ2v) is 7.75. The molecule has 0 fully saturated rings. The molecule has 0 saturated heterocycles. The van der Waals surface area contributed by atoms with Crippen molar-refractivity contribution >= 4 is 40.1 Å². The van der Waals surface area contributed by atoms with E-state index >= 15 is 0 Å². The van der Waals surface area contributed by atoms with Crippen molar-refractivity contribution in [2.45, 2.75) is 26.3 Å². The van der Waals surface area contributed by atoms with Crippen LogP contribution in [0.1, 0.15) is 35.8 Å². The molecule has 0 spiro atoms. The fourth-order valence-electron chi connectivity index (χ4n) is 3.93. The molecule has 2 aromatic carbocycles. The topological polar surface area (TPSA) is 101 Å². The number of hydrogen-bond donors (Lipinski definition) is 1. The van der Waals surface area contributed by atoms with Gasteiger partial charge in [-0.05, 0) is 56.2 Å². The number of para-hydroxylation sites is 1. The first-order chi connectivity index (χ1) is 15.8. The first kappa shape index (κ1) is 22.0. The zero-order valence-electron chi connectivity index (χ0n) is 18.5. The number of carbonyl (C=O) groups excluding carboxylic acids is 2. The molecule has 1 amide bonds. The Kier molecular flexibility index (Phi) is 5.83. The van der Waals surface area contributed by atoms with Crippen molar-refractivity contribution in [2.24, 2.45) is 5.10 Å². The SMILES string of the molecule is COC(=O)C(C)n1cc(C/C=C2\C(=O)N(c3ccc(C(=O)O)cc3)N=C2C)c2ccccc21. The number of aromatic carboxylic acids is 1. The van der Waals surface area contributed by atoms with E-state index in [2.05, 4.69) is 5.10 Å². The Bertz CT molecular complexity index is 1320. The first-order valence-electron chi connectivity index (χ1n) is 10.4. The van der Waals surface area contributed by atoms with Crippen LogP contribution in [0.2, 0.25) is 0 Å². The second-order valence-electron chi connectivity index (χ2n) is 7.75. The quantitative estimate of drug-likeness (QED) is 0.457.